The van der Waals surface area contributed by atoms with Gasteiger partial charge in [0, 0.05) is 6.54 Å². The monoisotopic (exact) mass is 251 g/mol. The summed E-state index contributed by atoms with van der Waals surface area (Å²) in [6, 6.07) is 9.58. The second-order valence-corrected chi connectivity index (χ2v) is 3.72. The van der Waals surface area contributed by atoms with Gasteiger partial charge in [0.15, 0.2) is 11.4 Å². The van der Waals surface area contributed by atoms with Crippen LogP contribution in [0.2, 0.25) is 0 Å². The summed E-state index contributed by atoms with van der Waals surface area (Å²) in [5.74, 6) is -0.588. The Kier molecular flexibility index (Phi) is 3.23. The molecule has 19 heavy (non-hydrogen) atoms. The number of imidazole rings is 1. The van der Waals surface area contributed by atoms with Gasteiger partial charge in [-0.05, 0) is 17.7 Å². The molecule has 90 valence electrons. The van der Waals surface area contributed by atoms with Gasteiger partial charge in [0.25, 0.3) is 0 Å². The number of nitrogens with zero attached hydrogens (tertiary/aromatic N) is 5. The molecule has 5 nitrogen and oxygen atoms in total. The van der Waals surface area contributed by atoms with Gasteiger partial charge < -0.3 is 4.57 Å². The Hall–Kier alpha value is -3.17. The lowest BCUT2D eigenvalue weighted by atomic mass is 10.1. The van der Waals surface area contributed by atoms with E-state index in [2.05, 4.69) is 4.98 Å². The van der Waals surface area contributed by atoms with Gasteiger partial charge in [-0.1, -0.05) is 6.07 Å². The van der Waals surface area contributed by atoms with E-state index in [1.165, 1.54) is 29.1 Å². The highest BCUT2D eigenvalue weighted by Crippen LogP contribution is 2.13. The summed E-state index contributed by atoms with van der Waals surface area (Å²) in [4.78, 5) is 3.80. The fraction of sp³-hybridized carbons (Fsp3) is 0.0769. The van der Waals surface area contributed by atoms with Crippen LogP contribution in [0, 0.1) is 39.8 Å². The van der Waals surface area contributed by atoms with Gasteiger partial charge in [-0.15, -0.1) is 0 Å². The van der Waals surface area contributed by atoms with Crippen molar-refractivity contribution in [3.63, 3.8) is 0 Å². The molecule has 0 saturated carbocycles. The van der Waals surface area contributed by atoms with E-state index in [0.717, 1.165) is 0 Å². The zero-order chi connectivity index (χ0) is 13.8. The van der Waals surface area contributed by atoms with Crippen LogP contribution in [0.25, 0.3) is 0 Å². The Morgan fingerprint density at radius 2 is 1.95 bits per heavy atom. The zero-order valence-corrected chi connectivity index (χ0v) is 9.63. The number of hydrogen-bond donors (Lipinski definition) is 0. The maximum absolute atomic E-state index is 13.2. The fourth-order valence-electron chi connectivity index (χ4n) is 1.65. The number of halogens is 1. The van der Waals surface area contributed by atoms with Crippen molar-refractivity contribution in [3.05, 3.63) is 52.9 Å². The molecule has 0 radical (unpaired) electrons. The van der Waals surface area contributed by atoms with Crippen LogP contribution in [0.1, 0.15) is 22.5 Å². The third-order valence-corrected chi connectivity index (χ3v) is 2.55. The number of rotatable bonds is 2. The molecule has 2 rings (SSSR count). The maximum atomic E-state index is 13.2. The van der Waals surface area contributed by atoms with Crippen molar-refractivity contribution < 1.29 is 4.39 Å². The van der Waals surface area contributed by atoms with Crippen molar-refractivity contribution in [3.8, 4) is 18.2 Å². The third kappa shape index (κ3) is 2.26. The van der Waals surface area contributed by atoms with Crippen molar-refractivity contribution in [2.75, 3.05) is 0 Å². The number of aromatic nitrogens is 2. The molecular weight excluding hydrogens is 245 g/mol. The van der Waals surface area contributed by atoms with E-state index in [9.17, 15) is 4.39 Å². The Labute approximate surface area is 108 Å². The van der Waals surface area contributed by atoms with Gasteiger partial charge in [0.05, 0.1) is 11.9 Å². The first-order valence-corrected chi connectivity index (χ1v) is 5.23. The number of benzene rings is 1. The van der Waals surface area contributed by atoms with Gasteiger partial charge in [-0.3, -0.25) is 0 Å². The Bertz CT molecular complexity index is 755. The molecule has 0 aliphatic rings. The van der Waals surface area contributed by atoms with Crippen molar-refractivity contribution in [1.29, 1.82) is 15.8 Å². The highest BCUT2D eigenvalue weighted by Gasteiger charge is 2.11. The molecule has 0 aliphatic heterocycles. The number of hydrogen-bond acceptors (Lipinski definition) is 4. The average molecular weight is 251 g/mol. The second-order valence-electron chi connectivity index (χ2n) is 3.72. The molecule has 2 aromatic rings. The molecule has 0 amide bonds. The molecule has 0 N–H and O–H groups in total. The van der Waals surface area contributed by atoms with Crippen LogP contribution in [-0.4, -0.2) is 9.55 Å². The summed E-state index contributed by atoms with van der Waals surface area (Å²) in [6.07, 6.45) is 1.37. The standard InChI is InChI=1S/C13H6FN5/c14-11-2-1-9(3-10(11)4-15)7-19-8-18-12(5-16)13(19)6-17/h1-3,8H,7H2. The first-order valence-electron chi connectivity index (χ1n) is 5.23. The average Bonchev–Trinajstić information content (AvgIpc) is 2.82. The van der Waals surface area contributed by atoms with Crippen LogP contribution < -0.4 is 0 Å². The van der Waals surface area contributed by atoms with Gasteiger partial charge in [-0.25, -0.2) is 9.37 Å². The van der Waals surface area contributed by atoms with Gasteiger partial charge >= 0.3 is 0 Å². The number of nitriles is 3. The molecule has 0 atom stereocenters. The quantitative estimate of drug-likeness (QED) is 0.812. The molecule has 0 unspecified atom stereocenters. The third-order valence-electron chi connectivity index (χ3n) is 2.55. The summed E-state index contributed by atoms with van der Waals surface area (Å²) in [6.45, 7) is 0.243. The van der Waals surface area contributed by atoms with Crippen molar-refractivity contribution in [2.45, 2.75) is 6.54 Å². The predicted molar refractivity (Wildman–Crippen MR) is 61.9 cm³/mol. The molecule has 0 bridgehead atoms. The Morgan fingerprint density at radius 3 is 2.58 bits per heavy atom. The van der Waals surface area contributed by atoms with Crippen LogP contribution in [-0.2, 0) is 6.54 Å². The largest absolute Gasteiger partial charge is 0.317 e. The van der Waals surface area contributed by atoms with Crippen LogP contribution in [0.15, 0.2) is 24.5 Å². The van der Waals surface area contributed by atoms with E-state index in [1.54, 1.807) is 6.07 Å². The van der Waals surface area contributed by atoms with Gasteiger partial charge in [-0.2, -0.15) is 15.8 Å². The van der Waals surface area contributed by atoms with Crippen molar-refractivity contribution in [1.82, 2.24) is 9.55 Å². The Morgan fingerprint density at radius 1 is 1.16 bits per heavy atom. The van der Waals surface area contributed by atoms with E-state index < -0.39 is 5.82 Å². The lowest BCUT2D eigenvalue weighted by Gasteiger charge is -2.04. The van der Waals surface area contributed by atoms with E-state index in [0.29, 0.717) is 5.56 Å². The van der Waals surface area contributed by atoms with Gasteiger partial charge in [0.1, 0.15) is 24.0 Å². The summed E-state index contributed by atoms with van der Waals surface area (Å²) < 4.78 is 14.7. The summed E-state index contributed by atoms with van der Waals surface area (Å²) in [5, 5.41) is 26.5. The first-order chi connectivity index (χ1) is 9.19. The molecule has 0 spiro atoms. The van der Waals surface area contributed by atoms with E-state index in [4.69, 9.17) is 15.8 Å². The molecule has 1 aromatic heterocycles. The summed E-state index contributed by atoms with van der Waals surface area (Å²) >= 11 is 0. The van der Waals surface area contributed by atoms with Crippen molar-refractivity contribution in [2.24, 2.45) is 0 Å². The molecule has 6 heteroatoms. The summed E-state index contributed by atoms with van der Waals surface area (Å²) in [5.41, 5.74) is 0.781. The lowest BCUT2D eigenvalue weighted by molar-refractivity contribution is 0.622. The smallest absolute Gasteiger partial charge is 0.176 e. The minimum atomic E-state index is -0.588. The highest BCUT2D eigenvalue weighted by molar-refractivity contribution is 5.38. The SMILES string of the molecule is N#Cc1cc(Cn2cnc(C#N)c2C#N)ccc1F. The Balaban J connectivity index is 2.38. The van der Waals surface area contributed by atoms with Crippen LogP contribution >= 0.6 is 0 Å². The van der Waals surface area contributed by atoms with Gasteiger partial charge in [0.2, 0.25) is 0 Å². The first kappa shape index (κ1) is 12.3. The van der Waals surface area contributed by atoms with Crippen LogP contribution in [0.3, 0.4) is 0 Å². The van der Waals surface area contributed by atoms with E-state index >= 15 is 0 Å². The minimum absolute atomic E-state index is 0.0464. The zero-order valence-electron chi connectivity index (χ0n) is 9.63. The molecular formula is C13H6FN5. The minimum Gasteiger partial charge on any atom is -0.317 e. The van der Waals surface area contributed by atoms with Crippen LogP contribution in [0.4, 0.5) is 4.39 Å². The molecule has 1 heterocycles. The topological polar surface area (TPSA) is 89.2 Å². The van der Waals surface area contributed by atoms with E-state index in [1.807, 2.05) is 12.1 Å². The fourth-order valence-corrected chi connectivity index (χ4v) is 1.65. The molecule has 0 saturated heterocycles. The lowest BCUT2D eigenvalue weighted by Crippen LogP contribution is -2.02. The van der Waals surface area contributed by atoms with Crippen molar-refractivity contribution >= 4 is 0 Å². The summed E-state index contributed by atoms with van der Waals surface area (Å²) in [7, 11) is 0. The van der Waals surface area contributed by atoms with Crippen LogP contribution in [0.5, 0.6) is 0 Å². The van der Waals surface area contributed by atoms with E-state index in [-0.39, 0.29) is 23.5 Å². The second kappa shape index (κ2) is 5.00. The molecule has 1 aromatic carbocycles. The normalized spacial score (nSPS) is 9.37. The predicted octanol–water partition coefficient (Wildman–Crippen LogP) is 1.69. The molecule has 0 fully saturated rings. The highest BCUT2D eigenvalue weighted by atomic mass is 19.1. The molecule has 0 aliphatic carbocycles. The maximum Gasteiger partial charge on any atom is 0.176 e.